The zero-order chi connectivity index (χ0) is 11.7. The molecule has 2 aromatic rings. The van der Waals surface area contributed by atoms with Gasteiger partial charge in [0.15, 0.2) is 4.96 Å². The topological polar surface area (TPSA) is 78.4 Å². The van der Waals surface area contributed by atoms with Gasteiger partial charge in [-0.1, -0.05) is 0 Å². The summed E-state index contributed by atoms with van der Waals surface area (Å²) < 4.78 is 1.76. The maximum atomic E-state index is 10.7. The fourth-order valence-corrected chi connectivity index (χ4v) is 2.13. The maximum Gasteiger partial charge on any atom is 0.346 e. The number of fused-ring (bicyclic) bond motifs is 1. The van der Waals surface area contributed by atoms with Crippen molar-refractivity contribution in [3.63, 3.8) is 0 Å². The highest BCUT2D eigenvalue weighted by Gasteiger charge is 2.11. The molecule has 2 rings (SSSR count). The van der Waals surface area contributed by atoms with Gasteiger partial charge in [-0.25, -0.2) is 9.78 Å². The average molecular weight is 233 g/mol. The summed E-state index contributed by atoms with van der Waals surface area (Å²) >= 11 is 1.46. The van der Waals surface area contributed by atoms with Gasteiger partial charge in [0.2, 0.25) is 0 Å². The van der Waals surface area contributed by atoms with E-state index in [0.717, 1.165) is 4.96 Å². The molecule has 0 amide bonds. The number of carbonyl (C=O) groups is 1. The summed E-state index contributed by atoms with van der Waals surface area (Å²) in [7, 11) is 0. The first-order valence-electron chi connectivity index (χ1n) is 4.40. The molecule has 0 aliphatic carbocycles. The lowest BCUT2D eigenvalue weighted by Crippen LogP contribution is -1.98. The van der Waals surface area contributed by atoms with E-state index in [2.05, 4.69) is 4.98 Å². The Bertz CT molecular complexity index is 630. The number of carboxylic acids is 1. The standard InChI is InChI=1S/C10H7N3O2S/c1-6-8(4-7(5-11)9(14)15)13-2-3-16-10(13)12-6/h2-4H,1H3,(H,14,15)/b7-4+. The molecular formula is C10H7N3O2S. The molecule has 0 atom stereocenters. The Labute approximate surface area is 94.9 Å². The van der Waals surface area contributed by atoms with Gasteiger partial charge in [0.1, 0.15) is 11.6 Å². The van der Waals surface area contributed by atoms with Gasteiger partial charge in [-0.2, -0.15) is 5.26 Å². The molecule has 0 radical (unpaired) electrons. The molecule has 0 saturated heterocycles. The first-order valence-corrected chi connectivity index (χ1v) is 5.28. The number of carboxylic acid groups (broad SMARTS) is 1. The van der Waals surface area contributed by atoms with E-state index in [0.29, 0.717) is 11.4 Å². The van der Waals surface area contributed by atoms with Crippen LogP contribution in [-0.2, 0) is 4.79 Å². The number of nitrogens with zero attached hydrogens (tertiary/aromatic N) is 3. The summed E-state index contributed by atoms with van der Waals surface area (Å²) in [6.07, 6.45) is 3.13. The summed E-state index contributed by atoms with van der Waals surface area (Å²) in [5, 5.41) is 19.3. The Hall–Kier alpha value is -2.13. The third-order valence-electron chi connectivity index (χ3n) is 2.11. The molecule has 0 fully saturated rings. The minimum Gasteiger partial charge on any atom is -0.477 e. The van der Waals surface area contributed by atoms with Crippen LogP contribution in [-0.4, -0.2) is 20.5 Å². The number of nitriles is 1. The fourth-order valence-electron chi connectivity index (χ4n) is 1.36. The zero-order valence-corrected chi connectivity index (χ0v) is 9.15. The highest BCUT2D eigenvalue weighted by atomic mass is 32.1. The second-order valence-electron chi connectivity index (χ2n) is 3.11. The molecule has 16 heavy (non-hydrogen) atoms. The Morgan fingerprint density at radius 2 is 2.50 bits per heavy atom. The molecule has 0 spiro atoms. The lowest BCUT2D eigenvalue weighted by Gasteiger charge is -1.93. The number of rotatable bonds is 2. The molecule has 1 N–H and O–H groups in total. The van der Waals surface area contributed by atoms with Gasteiger partial charge in [0.25, 0.3) is 0 Å². The van der Waals surface area contributed by atoms with Gasteiger partial charge < -0.3 is 5.11 Å². The van der Waals surface area contributed by atoms with Crippen LogP contribution in [0.25, 0.3) is 11.0 Å². The van der Waals surface area contributed by atoms with Gasteiger partial charge in [0, 0.05) is 11.6 Å². The van der Waals surface area contributed by atoms with Gasteiger partial charge in [-0.3, -0.25) is 4.40 Å². The first-order chi connectivity index (χ1) is 7.63. The molecule has 5 nitrogen and oxygen atoms in total. The van der Waals surface area contributed by atoms with E-state index >= 15 is 0 Å². The molecular weight excluding hydrogens is 226 g/mol. The third-order valence-corrected chi connectivity index (χ3v) is 2.87. The molecule has 0 saturated carbocycles. The molecule has 6 heteroatoms. The number of hydrogen-bond acceptors (Lipinski definition) is 4. The van der Waals surface area contributed by atoms with Crippen LogP contribution in [0.3, 0.4) is 0 Å². The molecule has 0 bridgehead atoms. The van der Waals surface area contributed by atoms with Crippen molar-refractivity contribution >= 4 is 28.3 Å². The van der Waals surface area contributed by atoms with Gasteiger partial charge in [-0.15, -0.1) is 11.3 Å². The van der Waals surface area contributed by atoms with E-state index in [-0.39, 0.29) is 5.57 Å². The van der Waals surface area contributed by atoms with Crippen molar-refractivity contribution in [3.8, 4) is 6.07 Å². The highest BCUT2D eigenvalue weighted by Crippen LogP contribution is 2.19. The molecule has 2 aromatic heterocycles. The van der Waals surface area contributed by atoms with E-state index in [1.807, 2.05) is 5.38 Å². The van der Waals surface area contributed by atoms with Crippen LogP contribution in [0.1, 0.15) is 11.4 Å². The van der Waals surface area contributed by atoms with Crippen molar-refractivity contribution in [2.45, 2.75) is 6.92 Å². The molecule has 0 aromatic carbocycles. The zero-order valence-electron chi connectivity index (χ0n) is 8.34. The SMILES string of the molecule is Cc1nc2sccn2c1/C=C(\C#N)C(=O)O. The van der Waals surface area contributed by atoms with Gasteiger partial charge >= 0.3 is 5.97 Å². The first kappa shape index (κ1) is 10.4. The molecule has 2 heterocycles. The second-order valence-corrected chi connectivity index (χ2v) is 3.99. The summed E-state index contributed by atoms with van der Waals surface area (Å²) in [5.74, 6) is -1.23. The average Bonchev–Trinajstić information content (AvgIpc) is 2.75. The Morgan fingerprint density at radius 3 is 3.12 bits per heavy atom. The largest absolute Gasteiger partial charge is 0.477 e. The van der Waals surface area contributed by atoms with Crippen LogP contribution < -0.4 is 0 Å². The van der Waals surface area contributed by atoms with Crippen LogP contribution in [0, 0.1) is 18.3 Å². The number of thiazole rings is 1. The van der Waals surface area contributed by atoms with E-state index in [9.17, 15) is 4.79 Å². The summed E-state index contributed by atoms with van der Waals surface area (Å²) in [5.41, 5.74) is 1.05. The number of imidazole rings is 1. The van der Waals surface area contributed by atoms with Crippen molar-refractivity contribution in [2.75, 3.05) is 0 Å². The Morgan fingerprint density at radius 1 is 1.75 bits per heavy atom. The van der Waals surface area contributed by atoms with Gasteiger partial charge in [0.05, 0.1) is 11.4 Å². The molecule has 0 unspecified atom stereocenters. The predicted molar refractivity (Wildman–Crippen MR) is 59.0 cm³/mol. The quantitative estimate of drug-likeness (QED) is 0.632. The summed E-state index contributed by atoms with van der Waals surface area (Å²) in [6.45, 7) is 1.78. The fraction of sp³-hybridized carbons (Fsp3) is 0.100. The Balaban J connectivity index is 2.63. The predicted octanol–water partition coefficient (Wildman–Crippen LogP) is 1.70. The van der Waals surface area contributed by atoms with Crippen molar-refractivity contribution in [3.05, 3.63) is 28.5 Å². The molecule has 0 aliphatic rings. The van der Waals surface area contributed by atoms with Crippen LogP contribution in [0.2, 0.25) is 0 Å². The van der Waals surface area contributed by atoms with Crippen LogP contribution >= 0.6 is 11.3 Å². The minimum atomic E-state index is -1.23. The molecule has 80 valence electrons. The third kappa shape index (κ3) is 1.57. The lowest BCUT2D eigenvalue weighted by molar-refractivity contribution is -0.132. The lowest BCUT2D eigenvalue weighted by atomic mass is 10.2. The highest BCUT2D eigenvalue weighted by molar-refractivity contribution is 7.15. The van der Waals surface area contributed by atoms with E-state index in [1.54, 1.807) is 23.6 Å². The Kier molecular flexibility index (Phi) is 2.46. The smallest absolute Gasteiger partial charge is 0.346 e. The van der Waals surface area contributed by atoms with Crippen LogP contribution in [0.4, 0.5) is 0 Å². The van der Waals surface area contributed by atoms with Crippen molar-refractivity contribution in [1.29, 1.82) is 5.26 Å². The van der Waals surface area contributed by atoms with Crippen molar-refractivity contribution in [1.82, 2.24) is 9.38 Å². The minimum absolute atomic E-state index is 0.295. The summed E-state index contributed by atoms with van der Waals surface area (Å²) in [6, 6.07) is 1.65. The van der Waals surface area contributed by atoms with Crippen molar-refractivity contribution < 1.29 is 9.90 Å². The second kappa shape index (κ2) is 3.79. The van der Waals surface area contributed by atoms with Crippen LogP contribution in [0.5, 0.6) is 0 Å². The number of aryl methyl sites for hydroxylation is 1. The monoisotopic (exact) mass is 233 g/mol. The maximum absolute atomic E-state index is 10.7. The normalized spacial score (nSPS) is 11.6. The number of aliphatic carboxylic acids is 1. The summed E-state index contributed by atoms with van der Waals surface area (Å²) in [4.78, 5) is 15.8. The van der Waals surface area contributed by atoms with Crippen LogP contribution in [0.15, 0.2) is 17.2 Å². The van der Waals surface area contributed by atoms with E-state index in [4.69, 9.17) is 10.4 Å². The molecule has 0 aliphatic heterocycles. The number of hydrogen-bond donors (Lipinski definition) is 1. The van der Waals surface area contributed by atoms with E-state index < -0.39 is 5.97 Å². The van der Waals surface area contributed by atoms with Crippen molar-refractivity contribution in [2.24, 2.45) is 0 Å². The number of aromatic nitrogens is 2. The van der Waals surface area contributed by atoms with E-state index in [1.165, 1.54) is 17.4 Å². The van der Waals surface area contributed by atoms with Gasteiger partial charge in [-0.05, 0) is 13.0 Å².